The molecule has 3 fully saturated rings. The van der Waals surface area contributed by atoms with Crippen LogP contribution in [-0.2, 0) is 0 Å². The Morgan fingerprint density at radius 3 is 2.86 bits per heavy atom. The summed E-state index contributed by atoms with van der Waals surface area (Å²) in [7, 11) is 0. The minimum absolute atomic E-state index is 0.568. The second-order valence-corrected chi connectivity index (χ2v) is 7.10. The molecule has 0 spiro atoms. The highest BCUT2D eigenvalue weighted by Gasteiger charge is 2.37. The lowest BCUT2D eigenvalue weighted by molar-refractivity contribution is 0.0870. The number of benzene rings is 1. The summed E-state index contributed by atoms with van der Waals surface area (Å²) < 4.78 is 4.60. The Kier molecular flexibility index (Phi) is 2.81. The molecule has 3 aliphatic heterocycles. The number of aromatic nitrogens is 4. The first-order chi connectivity index (χ1) is 10.9. The molecule has 6 rings (SSSR count). The van der Waals surface area contributed by atoms with Gasteiger partial charge < -0.3 is 4.90 Å². The molecular weight excluding hydrogens is 294 g/mol. The van der Waals surface area contributed by atoms with E-state index >= 15 is 0 Å². The fourth-order valence-electron chi connectivity index (χ4n) is 3.86. The highest BCUT2D eigenvalue weighted by atomic mass is 32.1. The molecule has 0 aliphatic carbocycles. The van der Waals surface area contributed by atoms with Crippen molar-refractivity contribution in [1.29, 1.82) is 0 Å². The van der Waals surface area contributed by atoms with E-state index < -0.39 is 0 Å². The summed E-state index contributed by atoms with van der Waals surface area (Å²) in [4.78, 5) is 7.41. The van der Waals surface area contributed by atoms with Gasteiger partial charge in [-0.3, -0.25) is 5.10 Å². The lowest BCUT2D eigenvalue weighted by Crippen LogP contribution is -2.46. The van der Waals surface area contributed by atoms with E-state index in [-0.39, 0.29) is 0 Å². The predicted octanol–water partition coefficient (Wildman–Crippen LogP) is 2.89. The van der Waals surface area contributed by atoms with Crippen LogP contribution in [0.3, 0.4) is 0 Å². The number of aromatic amines is 1. The molecule has 0 saturated carbocycles. The monoisotopic (exact) mass is 311 g/mol. The number of nitrogens with one attached hydrogen (secondary N) is 1. The molecule has 1 atom stereocenters. The molecule has 3 aliphatic rings. The Morgan fingerprint density at radius 1 is 1.18 bits per heavy atom. The number of hydrogen-bond donors (Lipinski definition) is 1. The summed E-state index contributed by atoms with van der Waals surface area (Å²) in [6.45, 7) is 3.67. The predicted molar refractivity (Wildman–Crippen MR) is 86.9 cm³/mol. The van der Waals surface area contributed by atoms with E-state index in [0.717, 1.165) is 34.9 Å². The van der Waals surface area contributed by atoms with Crippen molar-refractivity contribution in [3.63, 3.8) is 0 Å². The van der Waals surface area contributed by atoms with Crippen molar-refractivity contribution in [3.8, 4) is 11.5 Å². The minimum atomic E-state index is 0.568. The van der Waals surface area contributed by atoms with Crippen LogP contribution in [0.25, 0.3) is 22.4 Å². The van der Waals surface area contributed by atoms with Crippen LogP contribution >= 0.6 is 11.5 Å². The summed E-state index contributed by atoms with van der Waals surface area (Å²) in [5, 5.41) is 9.78. The van der Waals surface area contributed by atoms with E-state index in [4.69, 9.17) is 4.98 Å². The number of hydrogen-bond acceptors (Lipinski definition) is 5. The molecule has 1 unspecified atom stereocenters. The molecule has 2 bridgehead atoms. The Labute approximate surface area is 132 Å². The van der Waals surface area contributed by atoms with Crippen LogP contribution in [0, 0.1) is 5.92 Å². The topological polar surface area (TPSA) is 57.7 Å². The molecule has 5 heterocycles. The largest absolute Gasteiger partial charge is 0.303 e. The molecule has 0 radical (unpaired) electrons. The maximum absolute atomic E-state index is 4.84. The number of H-pyrrole nitrogens is 1. The van der Waals surface area contributed by atoms with E-state index in [0.29, 0.717) is 5.92 Å². The summed E-state index contributed by atoms with van der Waals surface area (Å²) in [5.41, 5.74) is 1.91. The molecular formula is C16H17N5S. The van der Waals surface area contributed by atoms with E-state index in [1.807, 2.05) is 18.2 Å². The first kappa shape index (κ1) is 12.7. The maximum Gasteiger partial charge on any atom is 0.194 e. The first-order valence-corrected chi connectivity index (χ1v) is 8.65. The van der Waals surface area contributed by atoms with Crippen molar-refractivity contribution in [2.24, 2.45) is 5.92 Å². The fourth-order valence-corrected chi connectivity index (χ4v) is 4.70. The third-order valence-electron chi connectivity index (χ3n) is 5.10. The zero-order chi connectivity index (χ0) is 14.5. The molecule has 6 heteroatoms. The average molecular weight is 311 g/mol. The van der Waals surface area contributed by atoms with Gasteiger partial charge >= 0.3 is 0 Å². The quantitative estimate of drug-likeness (QED) is 0.790. The van der Waals surface area contributed by atoms with E-state index in [2.05, 4.69) is 25.5 Å². The number of piperidine rings is 3. The van der Waals surface area contributed by atoms with Gasteiger partial charge in [-0.15, -0.1) is 0 Å². The van der Waals surface area contributed by atoms with Crippen LogP contribution in [0.4, 0.5) is 0 Å². The fraction of sp³-hybridized carbons (Fsp3) is 0.438. The van der Waals surface area contributed by atoms with Crippen molar-refractivity contribution in [3.05, 3.63) is 29.3 Å². The van der Waals surface area contributed by atoms with Gasteiger partial charge in [0.25, 0.3) is 0 Å². The molecule has 1 N–H and O–H groups in total. The minimum Gasteiger partial charge on any atom is -0.303 e. The number of fused-ring (bicyclic) bond motifs is 4. The average Bonchev–Trinajstić information content (AvgIpc) is 3.22. The molecule has 5 nitrogen and oxygen atoms in total. The molecule has 3 aromatic rings. The number of rotatable bonds is 2. The van der Waals surface area contributed by atoms with Crippen LogP contribution < -0.4 is 0 Å². The molecule has 2 aromatic heterocycles. The Bertz CT molecular complexity index is 815. The Hall–Kier alpha value is -1.79. The van der Waals surface area contributed by atoms with Gasteiger partial charge in [0.1, 0.15) is 10.7 Å². The van der Waals surface area contributed by atoms with Gasteiger partial charge in [0, 0.05) is 17.8 Å². The van der Waals surface area contributed by atoms with Crippen molar-refractivity contribution >= 4 is 22.4 Å². The van der Waals surface area contributed by atoms with Gasteiger partial charge in [0.2, 0.25) is 0 Å². The zero-order valence-electron chi connectivity index (χ0n) is 12.2. The highest BCUT2D eigenvalue weighted by molar-refractivity contribution is 7.05. The number of nitrogens with zero attached hydrogens (tertiary/aromatic N) is 4. The summed E-state index contributed by atoms with van der Waals surface area (Å²) in [6.07, 6.45) is 2.62. The normalized spacial score (nSPS) is 27.5. The number of para-hydroxylation sites is 1. The molecule has 22 heavy (non-hydrogen) atoms. The van der Waals surface area contributed by atoms with Crippen LogP contribution in [0.2, 0.25) is 0 Å². The third kappa shape index (κ3) is 1.90. The Morgan fingerprint density at radius 2 is 2.05 bits per heavy atom. The Balaban J connectivity index is 1.51. The first-order valence-electron chi connectivity index (χ1n) is 7.88. The second-order valence-electron chi connectivity index (χ2n) is 6.32. The third-order valence-corrected chi connectivity index (χ3v) is 5.94. The molecule has 1 aromatic carbocycles. The van der Waals surface area contributed by atoms with Gasteiger partial charge in [-0.05, 0) is 49.4 Å². The molecule has 112 valence electrons. The van der Waals surface area contributed by atoms with Crippen molar-refractivity contribution in [2.75, 3.05) is 19.6 Å². The van der Waals surface area contributed by atoms with Crippen molar-refractivity contribution in [1.82, 2.24) is 24.5 Å². The van der Waals surface area contributed by atoms with Crippen LogP contribution in [0.15, 0.2) is 24.3 Å². The lowest BCUT2D eigenvalue weighted by Gasteiger charge is -2.43. The lowest BCUT2D eigenvalue weighted by atomic mass is 9.79. The van der Waals surface area contributed by atoms with E-state index in [1.54, 1.807) is 11.5 Å². The SMILES string of the molecule is c1ccc2c(-c3nsc(C4CN5CCC4CC5)n3)n[nH]c2c1. The molecule has 0 amide bonds. The summed E-state index contributed by atoms with van der Waals surface area (Å²) in [5.74, 6) is 2.13. The van der Waals surface area contributed by atoms with E-state index in [1.165, 1.54) is 30.9 Å². The van der Waals surface area contributed by atoms with Crippen LogP contribution in [-0.4, -0.2) is 44.1 Å². The summed E-state index contributed by atoms with van der Waals surface area (Å²) in [6, 6.07) is 8.15. The van der Waals surface area contributed by atoms with Crippen LogP contribution in [0.1, 0.15) is 23.8 Å². The van der Waals surface area contributed by atoms with Gasteiger partial charge in [0.05, 0.1) is 5.52 Å². The van der Waals surface area contributed by atoms with Crippen molar-refractivity contribution in [2.45, 2.75) is 18.8 Å². The van der Waals surface area contributed by atoms with Gasteiger partial charge in [0.15, 0.2) is 5.82 Å². The zero-order valence-corrected chi connectivity index (χ0v) is 13.0. The van der Waals surface area contributed by atoms with Crippen LogP contribution in [0.5, 0.6) is 0 Å². The van der Waals surface area contributed by atoms with Gasteiger partial charge in [-0.2, -0.15) is 9.47 Å². The smallest absolute Gasteiger partial charge is 0.194 e. The van der Waals surface area contributed by atoms with Gasteiger partial charge in [-0.25, -0.2) is 4.98 Å². The van der Waals surface area contributed by atoms with E-state index in [9.17, 15) is 0 Å². The molecule has 3 saturated heterocycles. The van der Waals surface area contributed by atoms with Crippen molar-refractivity contribution < 1.29 is 0 Å². The summed E-state index contributed by atoms with van der Waals surface area (Å²) >= 11 is 1.56. The maximum atomic E-state index is 4.84. The highest BCUT2D eigenvalue weighted by Crippen LogP contribution is 2.40. The van der Waals surface area contributed by atoms with Gasteiger partial charge in [-0.1, -0.05) is 18.2 Å². The standard InChI is InChI=1S/C16H17N5S/c1-2-4-13-11(3-1)14(19-18-13)15-17-16(22-20-15)12-9-21-7-5-10(12)6-8-21/h1-4,10,12H,5-9H2,(H,18,19). The second kappa shape index (κ2) is 4.86.